The zero-order chi connectivity index (χ0) is 11.3. The number of benzene rings is 1. The van der Waals surface area contributed by atoms with Crippen LogP contribution in [-0.4, -0.2) is 6.61 Å². The van der Waals surface area contributed by atoms with Gasteiger partial charge in [0.15, 0.2) is 0 Å². The molecule has 0 aliphatic rings. The van der Waals surface area contributed by atoms with Gasteiger partial charge in [0.2, 0.25) is 0 Å². The predicted octanol–water partition coefficient (Wildman–Crippen LogP) is 2.68. The van der Waals surface area contributed by atoms with Crippen LogP contribution in [0.1, 0.15) is 24.5 Å². The molecule has 2 nitrogen and oxygen atoms in total. The van der Waals surface area contributed by atoms with Crippen LogP contribution in [0.2, 0.25) is 0 Å². The van der Waals surface area contributed by atoms with Gasteiger partial charge in [0.1, 0.15) is 5.75 Å². The Balaban J connectivity index is 2.71. The van der Waals surface area contributed by atoms with E-state index in [9.17, 15) is 0 Å². The molecular weight excluding hydrogens is 186 g/mol. The highest BCUT2D eigenvalue weighted by molar-refractivity contribution is 5.58. The van der Waals surface area contributed by atoms with Gasteiger partial charge in [-0.1, -0.05) is 6.07 Å². The smallest absolute Gasteiger partial charge is 0.145 e. The minimum atomic E-state index is 0.592. The number of rotatable bonds is 3. The van der Waals surface area contributed by atoms with E-state index in [1.807, 2.05) is 26.8 Å². The lowest BCUT2D eigenvalue weighted by Crippen LogP contribution is -2.01. The largest absolute Gasteiger partial charge is 0.490 e. The molecule has 0 heterocycles. The predicted molar refractivity (Wildman–Crippen MR) is 63.9 cm³/mol. The Bertz CT molecular complexity index is 376. The molecule has 0 unspecified atom stereocenters. The lowest BCUT2D eigenvalue weighted by atomic mass is 10.1. The summed E-state index contributed by atoms with van der Waals surface area (Å²) in [5, 5.41) is 0. The highest BCUT2D eigenvalue weighted by Crippen LogP contribution is 2.27. The van der Waals surface area contributed by atoms with Crippen LogP contribution in [0.15, 0.2) is 12.1 Å². The summed E-state index contributed by atoms with van der Waals surface area (Å²) in [4.78, 5) is 0. The molecule has 1 aromatic carbocycles. The number of aryl methyl sites for hydroxylation is 2. The van der Waals surface area contributed by atoms with E-state index in [2.05, 4.69) is 17.9 Å². The summed E-state index contributed by atoms with van der Waals surface area (Å²) < 4.78 is 5.60. The molecule has 0 saturated heterocycles. The van der Waals surface area contributed by atoms with Gasteiger partial charge >= 0.3 is 0 Å². The van der Waals surface area contributed by atoms with E-state index in [0.29, 0.717) is 12.3 Å². The SMILES string of the molecule is CC#CCCOc1c(C)cc(C)cc1N. The number of nitrogen functional groups attached to an aromatic ring is 1. The first-order chi connectivity index (χ1) is 7.15. The van der Waals surface area contributed by atoms with Crippen molar-refractivity contribution in [3.63, 3.8) is 0 Å². The summed E-state index contributed by atoms with van der Waals surface area (Å²) in [6, 6.07) is 3.99. The number of nitrogens with two attached hydrogens (primary N) is 1. The number of anilines is 1. The number of ether oxygens (including phenoxy) is 1. The maximum Gasteiger partial charge on any atom is 0.145 e. The molecule has 0 aromatic heterocycles. The number of hydrogen-bond donors (Lipinski definition) is 1. The molecule has 1 rings (SSSR count). The quantitative estimate of drug-likeness (QED) is 0.465. The molecule has 0 aliphatic carbocycles. The Morgan fingerprint density at radius 3 is 2.67 bits per heavy atom. The van der Waals surface area contributed by atoms with Crippen LogP contribution in [0.25, 0.3) is 0 Å². The third kappa shape index (κ3) is 3.21. The third-order valence-corrected chi connectivity index (χ3v) is 2.10. The Labute approximate surface area is 91.4 Å². The summed E-state index contributed by atoms with van der Waals surface area (Å²) in [6.45, 7) is 6.44. The molecular formula is C13H17NO. The second kappa shape index (κ2) is 5.31. The Morgan fingerprint density at radius 1 is 1.33 bits per heavy atom. The first-order valence-corrected chi connectivity index (χ1v) is 5.04. The van der Waals surface area contributed by atoms with E-state index in [1.165, 1.54) is 0 Å². The summed E-state index contributed by atoms with van der Waals surface area (Å²) in [5.74, 6) is 6.57. The molecule has 80 valence electrons. The molecule has 0 radical (unpaired) electrons. The minimum Gasteiger partial charge on any atom is -0.490 e. The molecule has 0 atom stereocenters. The Kier molecular flexibility index (Phi) is 4.05. The molecule has 2 N–H and O–H groups in total. The molecule has 0 saturated carbocycles. The minimum absolute atomic E-state index is 0.592. The van der Waals surface area contributed by atoms with Crippen LogP contribution >= 0.6 is 0 Å². The third-order valence-electron chi connectivity index (χ3n) is 2.10. The van der Waals surface area contributed by atoms with Gasteiger partial charge < -0.3 is 10.5 Å². The maximum atomic E-state index is 5.88. The van der Waals surface area contributed by atoms with Crippen LogP contribution in [0, 0.1) is 25.7 Å². The van der Waals surface area contributed by atoms with Gasteiger partial charge in [0.25, 0.3) is 0 Å². The first kappa shape index (κ1) is 11.5. The van der Waals surface area contributed by atoms with Crippen LogP contribution in [0.5, 0.6) is 5.75 Å². The van der Waals surface area contributed by atoms with Gasteiger partial charge in [0, 0.05) is 6.42 Å². The van der Waals surface area contributed by atoms with Crippen molar-refractivity contribution in [2.24, 2.45) is 0 Å². The van der Waals surface area contributed by atoms with Crippen LogP contribution in [0.3, 0.4) is 0 Å². The monoisotopic (exact) mass is 203 g/mol. The lowest BCUT2D eigenvalue weighted by molar-refractivity contribution is 0.326. The van der Waals surface area contributed by atoms with Crippen LogP contribution in [-0.2, 0) is 0 Å². The average Bonchev–Trinajstić information content (AvgIpc) is 2.15. The van der Waals surface area contributed by atoms with Gasteiger partial charge in [-0.3, -0.25) is 0 Å². The molecule has 2 heteroatoms. The summed E-state index contributed by atoms with van der Waals surface area (Å²) in [5.41, 5.74) is 8.82. The fourth-order valence-electron chi connectivity index (χ4n) is 1.51. The van der Waals surface area contributed by atoms with E-state index < -0.39 is 0 Å². The lowest BCUT2D eigenvalue weighted by Gasteiger charge is -2.11. The zero-order valence-electron chi connectivity index (χ0n) is 9.55. The standard InChI is InChI=1S/C13H17NO/c1-4-5-6-7-15-13-11(3)8-10(2)9-12(13)14/h8-9H,6-7,14H2,1-3H3. The molecule has 15 heavy (non-hydrogen) atoms. The van der Waals surface area contributed by atoms with Gasteiger partial charge in [-0.2, -0.15) is 0 Å². The molecule has 0 spiro atoms. The molecule has 0 amide bonds. The number of hydrogen-bond acceptors (Lipinski definition) is 2. The van der Waals surface area contributed by atoms with Gasteiger partial charge in [-0.05, 0) is 38.0 Å². The van der Waals surface area contributed by atoms with Crippen molar-refractivity contribution >= 4 is 5.69 Å². The highest BCUT2D eigenvalue weighted by Gasteiger charge is 2.04. The normalized spacial score (nSPS) is 9.27. The zero-order valence-corrected chi connectivity index (χ0v) is 9.55. The second-order valence-corrected chi connectivity index (χ2v) is 3.53. The van der Waals surface area contributed by atoms with Crippen molar-refractivity contribution in [2.75, 3.05) is 12.3 Å². The van der Waals surface area contributed by atoms with Gasteiger partial charge in [-0.25, -0.2) is 0 Å². The molecule has 0 aliphatic heterocycles. The fourth-order valence-corrected chi connectivity index (χ4v) is 1.51. The maximum absolute atomic E-state index is 5.88. The summed E-state index contributed by atoms with van der Waals surface area (Å²) in [6.07, 6.45) is 0.739. The van der Waals surface area contributed by atoms with Crippen LogP contribution < -0.4 is 10.5 Å². The van der Waals surface area contributed by atoms with Gasteiger partial charge in [-0.15, -0.1) is 11.8 Å². The van der Waals surface area contributed by atoms with Crippen LogP contribution in [0.4, 0.5) is 5.69 Å². The summed E-state index contributed by atoms with van der Waals surface area (Å²) in [7, 11) is 0. The Hall–Kier alpha value is -1.62. The molecule has 0 fully saturated rings. The summed E-state index contributed by atoms with van der Waals surface area (Å²) >= 11 is 0. The molecule has 1 aromatic rings. The first-order valence-electron chi connectivity index (χ1n) is 5.04. The van der Waals surface area contributed by atoms with Crippen molar-refractivity contribution in [1.82, 2.24) is 0 Å². The van der Waals surface area contributed by atoms with E-state index >= 15 is 0 Å². The van der Waals surface area contributed by atoms with Crippen molar-refractivity contribution in [1.29, 1.82) is 0 Å². The Morgan fingerprint density at radius 2 is 2.07 bits per heavy atom. The van der Waals surface area contributed by atoms with E-state index in [0.717, 1.165) is 23.3 Å². The van der Waals surface area contributed by atoms with Crippen molar-refractivity contribution in [2.45, 2.75) is 27.2 Å². The van der Waals surface area contributed by atoms with Gasteiger partial charge in [0.05, 0.1) is 12.3 Å². The van der Waals surface area contributed by atoms with E-state index in [-0.39, 0.29) is 0 Å². The fraction of sp³-hybridized carbons (Fsp3) is 0.385. The van der Waals surface area contributed by atoms with Crippen molar-refractivity contribution in [3.05, 3.63) is 23.3 Å². The van der Waals surface area contributed by atoms with Crippen molar-refractivity contribution < 1.29 is 4.74 Å². The average molecular weight is 203 g/mol. The highest BCUT2D eigenvalue weighted by atomic mass is 16.5. The molecule has 0 bridgehead atoms. The van der Waals surface area contributed by atoms with E-state index in [4.69, 9.17) is 10.5 Å². The topological polar surface area (TPSA) is 35.2 Å². The van der Waals surface area contributed by atoms with Crippen molar-refractivity contribution in [3.8, 4) is 17.6 Å². The second-order valence-electron chi connectivity index (χ2n) is 3.53. The van der Waals surface area contributed by atoms with E-state index in [1.54, 1.807) is 0 Å².